The van der Waals surface area contributed by atoms with Gasteiger partial charge in [-0.1, -0.05) is 30.8 Å². The molecule has 0 aliphatic heterocycles. The fourth-order valence-electron chi connectivity index (χ4n) is 2.94. The lowest BCUT2D eigenvalue weighted by atomic mass is 10.0. The number of nitrogens with one attached hydrogen (secondary N) is 2. The van der Waals surface area contributed by atoms with Crippen LogP contribution in [0.3, 0.4) is 0 Å². The summed E-state index contributed by atoms with van der Waals surface area (Å²) in [5.41, 5.74) is 10.6. The molecule has 28 heavy (non-hydrogen) atoms. The number of anilines is 3. The molecule has 0 amide bonds. The van der Waals surface area contributed by atoms with Gasteiger partial charge < -0.3 is 11.1 Å². The van der Waals surface area contributed by atoms with Crippen LogP contribution in [0.15, 0.2) is 49.8 Å². The molecule has 0 radical (unpaired) electrons. The number of benzene rings is 1. The van der Waals surface area contributed by atoms with E-state index in [-0.39, 0.29) is 5.95 Å². The molecule has 4 aromatic rings. The largest absolute Gasteiger partial charge is 0.368 e. The van der Waals surface area contributed by atoms with E-state index in [4.69, 9.17) is 17.3 Å². The summed E-state index contributed by atoms with van der Waals surface area (Å²) in [6.07, 6.45) is 6.80. The number of H-pyrrole nitrogens is 1. The number of hydrogen-bond donors (Lipinski definition) is 3. The van der Waals surface area contributed by atoms with Crippen LogP contribution >= 0.6 is 11.6 Å². The molecule has 3 aromatic heterocycles. The molecule has 0 bridgehead atoms. The van der Waals surface area contributed by atoms with E-state index in [1.165, 1.54) is 0 Å². The molecule has 7 nitrogen and oxygen atoms in total. The summed E-state index contributed by atoms with van der Waals surface area (Å²) >= 11 is 6.30. The Balaban J connectivity index is 1.88. The number of rotatable bonds is 5. The van der Waals surface area contributed by atoms with Crippen molar-refractivity contribution in [1.29, 1.82) is 0 Å². The van der Waals surface area contributed by atoms with Crippen molar-refractivity contribution >= 4 is 52.1 Å². The van der Waals surface area contributed by atoms with E-state index in [1.54, 1.807) is 30.6 Å². The maximum atomic E-state index is 6.30. The lowest BCUT2D eigenvalue weighted by molar-refractivity contribution is 1.12. The summed E-state index contributed by atoms with van der Waals surface area (Å²) in [5.74, 6) is 0.761. The average molecular weight is 390 g/mol. The van der Waals surface area contributed by atoms with Crippen molar-refractivity contribution in [2.75, 3.05) is 11.1 Å². The molecule has 8 heteroatoms. The molecule has 0 saturated carbocycles. The van der Waals surface area contributed by atoms with Gasteiger partial charge in [0.15, 0.2) is 0 Å². The first-order valence-corrected chi connectivity index (χ1v) is 8.75. The van der Waals surface area contributed by atoms with Gasteiger partial charge in [0.05, 0.1) is 5.69 Å². The second kappa shape index (κ2) is 7.13. The highest BCUT2D eigenvalue weighted by atomic mass is 35.5. The molecule has 3 heterocycles. The van der Waals surface area contributed by atoms with Crippen LogP contribution < -0.4 is 11.1 Å². The van der Waals surface area contributed by atoms with E-state index >= 15 is 0 Å². The minimum atomic E-state index is 0.187. The monoisotopic (exact) mass is 389 g/mol. The van der Waals surface area contributed by atoms with Gasteiger partial charge in [0.25, 0.3) is 0 Å². The first kappa shape index (κ1) is 17.7. The van der Waals surface area contributed by atoms with Crippen molar-refractivity contribution in [1.82, 2.24) is 25.1 Å². The van der Waals surface area contributed by atoms with Crippen molar-refractivity contribution in [2.45, 2.75) is 0 Å². The van der Waals surface area contributed by atoms with Gasteiger partial charge in [0.2, 0.25) is 5.95 Å². The Morgan fingerprint density at radius 3 is 2.75 bits per heavy atom. The van der Waals surface area contributed by atoms with Crippen LogP contribution in [0.5, 0.6) is 0 Å². The van der Waals surface area contributed by atoms with Gasteiger partial charge in [-0.05, 0) is 30.3 Å². The minimum absolute atomic E-state index is 0.187. The number of aromatic nitrogens is 5. The van der Waals surface area contributed by atoms with E-state index in [2.05, 4.69) is 43.6 Å². The lowest BCUT2D eigenvalue weighted by Gasteiger charge is -2.11. The Bertz CT molecular complexity index is 1210. The molecule has 0 unspecified atom stereocenters. The number of halogens is 1. The molecule has 138 valence electrons. The number of nitrogens with zero attached hydrogens (tertiary/aromatic N) is 4. The smallest absolute Gasteiger partial charge is 0.221 e. The normalized spacial score (nSPS) is 10.8. The van der Waals surface area contributed by atoms with Gasteiger partial charge >= 0.3 is 0 Å². The highest BCUT2D eigenvalue weighted by molar-refractivity contribution is 6.34. The highest BCUT2D eigenvalue weighted by Gasteiger charge is 2.14. The van der Waals surface area contributed by atoms with E-state index in [0.717, 1.165) is 39.0 Å². The predicted octanol–water partition coefficient (Wildman–Crippen LogP) is 4.68. The van der Waals surface area contributed by atoms with Gasteiger partial charge in [-0.3, -0.25) is 10.1 Å². The van der Waals surface area contributed by atoms with E-state index < -0.39 is 0 Å². The van der Waals surface area contributed by atoms with Crippen LogP contribution in [0.1, 0.15) is 11.3 Å². The lowest BCUT2D eigenvalue weighted by Crippen LogP contribution is -1.99. The van der Waals surface area contributed by atoms with Gasteiger partial charge in [-0.2, -0.15) is 10.1 Å². The maximum Gasteiger partial charge on any atom is 0.221 e. The fraction of sp³-hybridized carbons (Fsp3) is 0. The van der Waals surface area contributed by atoms with Crippen molar-refractivity contribution < 1.29 is 0 Å². The molecular formula is C20H16ClN7. The van der Waals surface area contributed by atoms with Crippen molar-refractivity contribution in [3.8, 4) is 11.1 Å². The quantitative estimate of drug-likeness (QED) is 0.457. The summed E-state index contributed by atoms with van der Waals surface area (Å²) < 4.78 is 0. The number of hydrogen-bond acceptors (Lipinski definition) is 6. The Kier molecular flexibility index (Phi) is 4.50. The zero-order valence-electron chi connectivity index (χ0n) is 14.8. The zero-order valence-corrected chi connectivity index (χ0v) is 15.5. The summed E-state index contributed by atoms with van der Waals surface area (Å²) in [7, 11) is 0. The third-order valence-electron chi connectivity index (χ3n) is 4.23. The molecule has 4 rings (SSSR count). The summed E-state index contributed by atoms with van der Waals surface area (Å²) in [6.45, 7) is 7.64. The second-order valence-corrected chi connectivity index (χ2v) is 6.37. The summed E-state index contributed by atoms with van der Waals surface area (Å²) in [6, 6.07) is 7.56. The number of nitrogens with two attached hydrogens (primary N) is 1. The van der Waals surface area contributed by atoms with Crippen LogP contribution in [0.2, 0.25) is 5.15 Å². The minimum Gasteiger partial charge on any atom is -0.368 e. The van der Waals surface area contributed by atoms with Crippen LogP contribution in [-0.4, -0.2) is 25.1 Å². The molecular weight excluding hydrogens is 374 g/mol. The number of pyridine rings is 1. The van der Waals surface area contributed by atoms with Crippen LogP contribution in [0, 0.1) is 0 Å². The van der Waals surface area contributed by atoms with Crippen molar-refractivity contribution in [3.05, 3.63) is 66.2 Å². The van der Waals surface area contributed by atoms with Gasteiger partial charge in [0, 0.05) is 40.2 Å². The van der Waals surface area contributed by atoms with E-state index in [0.29, 0.717) is 11.0 Å². The SMILES string of the molecule is C=Cc1cc(-c2cc(Nc3ccnc(N)n3)cc3c(Cl)[nH]nc23)cnc1C=C. The van der Waals surface area contributed by atoms with Crippen LogP contribution in [-0.2, 0) is 0 Å². The molecule has 0 spiro atoms. The topological polar surface area (TPSA) is 105 Å². The van der Waals surface area contributed by atoms with Crippen molar-refractivity contribution in [2.24, 2.45) is 0 Å². The molecule has 0 atom stereocenters. The first-order valence-electron chi connectivity index (χ1n) is 8.37. The zero-order chi connectivity index (χ0) is 19.7. The first-order chi connectivity index (χ1) is 13.6. The van der Waals surface area contributed by atoms with E-state index in [1.807, 2.05) is 18.2 Å². The predicted molar refractivity (Wildman–Crippen MR) is 114 cm³/mol. The summed E-state index contributed by atoms with van der Waals surface area (Å²) in [5, 5.41) is 11.6. The summed E-state index contributed by atoms with van der Waals surface area (Å²) in [4.78, 5) is 12.5. The Morgan fingerprint density at radius 2 is 2.00 bits per heavy atom. The number of fused-ring (bicyclic) bond motifs is 1. The Hall–Kier alpha value is -3.71. The third-order valence-corrected chi connectivity index (χ3v) is 4.52. The third kappa shape index (κ3) is 3.19. The Morgan fingerprint density at radius 1 is 1.14 bits per heavy atom. The fourth-order valence-corrected chi connectivity index (χ4v) is 3.13. The van der Waals surface area contributed by atoms with Gasteiger partial charge in [-0.25, -0.2) is 4.98 Å². The van der Waals surface area contributed by atoms with Crippen LogP contribution in [0.4, 0.5) is 17.5 Å². The average Bonchev–Trinajstić information content (AvgIpc) is 3.08. The standard InChI is InChI=1S/C20H16ClN7/c1-3-11-7-12(10-24-16(11)4-2)14-8-13(9-15-18(14)27-28-19(15)21)25-17-5-6-23-20(22)26-17/h3-10H,1-2H2,(H,27,28)(H3,22,23,25,26). The van der Waals surface area contributed by atoms with Gasteiger partial charge in [0.1, 0.15) is 16.5 Å². The Labute approximate surface area is 166 Å². The molecule has 0 aliphatic rings. The van der Waals surface area contributed by atoms with Crippen LogP contribution in [0.25, 0.3) is 34.2 Å². The second-order valence-electron chi connectivity index (χ2n) is 5.99. The number of aromatic amines is 1. The highest BCUT2D eigenvalue weighted by Crippen LogP contribution is 2.35. The molecule has 4 N–H and O–H groups in total. The number of nitrogen functional groups attached to an aromatic ring is 1. The molecule has 0 saturated heterocycles. The maximum absolute atomic E-state index is 6.30. The van der Waals surface area contributed by atoms with E-state index in [9.17, 15) is 0 Å². The molecule has 1 aromatic carbocycles. The molecule has 0 aliphatic carbocycles. The molecule has 0 fully saturated rings. The van der Waals surface area contributed by atoms with Crippen molar-refractivity contribution in [3.63, 3.8) is 0 Å². The van der Waals surface area contributed by atoms with Gasteiger partial charge in [-0.15, -0.1) is 0 Å².